The molecule has 5 nitrogen and oxygen atoms in total. The first-order valence-corrected chi connectivity index (χ1v) is 9.15. The molecule has 1 amide bonds. The van der Waals surface area contributed by atoms with E-state index < -0.39 is 0 Å². The summed E-state index contributed by atoms with van der Waals surface area (Å²) in [6.45, 7) is 2.48. The molecule has 2 unspecified atom stereocenters. The number of carbonyl (C=O) groups is 1. The van der Waals surface area contributed by atoms with Crippen LogP contribution in [-0.4, -0.2) is 16.1 Å². The van der Waals surface area contributed by atoms with Gasteiger partial charge < -0.3 is 4.74 Å². The molecule has 138 valence electrons. The molecule has 1 aliphatic rings. The third kappa shape index (κ3) is 3.93. The maximum absolute atomic E-state index is 11.4. The molecule has 0 spiro atoms. The fraction of sp³-hybridized carbons (Fsp3) is 0.273. The van der Waals surface area contributed by atoms with E-state index in [1.807, 2.05) is 49.4 Å². The van der Waals surface area contributed by atoms with Crippen LogP contribution in [0.3, 0.4) is 0 Å². The molecule has 4 rings (SSSR count). The molecule has 2 atom stereocenters. The number of nitrogens with one attached hydrogen (secondary N) is 1. The van der Waals surface area contributed by atoms with E-state index in [-0.39, 0.29) is 11.8 Å². The first-order valence-electron chi connectivity index (χ1n) is 9.15. The highest BCUT2D eigenvalue weighted by Gasteiger charge is 2.42. The van der Waals surface area contributed by atoms with Gasteiger partial charge in [-0.3, -0.25) is 15.0 Å². The third-order valence-corrected chi connectivity index (χ3v) is 5.12. The minimum Gasteiger partial charge on any atom is -0.489 e. The molecule has 0 radical (unpaired) electrons. The van der Waals surface area contributed by atoms with E-state index in [0.717, 1.165) is 40.8 Å². The topological polar surface area (TPSA) is 71.5 Å². The van der Waals surface area contributed by atoms with Crippen molar-refractivity contribution in [1.82, 2.24) is 10.5 Å². The SMILES string of the molecule is Cc1cc(COc2ccc(CC3CC3C(=O)NO)cc2)c2ccccc2n1. The standard InChI is InChI=1S/C22H22N2O3/c1-14-10-17(19-4-2-3-5-21(19)23-14)13-27-18-8-6-15(7-9-18)11-16-12-20(16)22(25)24-26/h2-10,16,20,26H,11-13H2,1H3,(H,24,25). The molecule has 1 heterocycles. The fourth-order valence-corrected chi connectivity index (χ4v) is 3.58. The van der Waals surface area contributed by atoms with E-state index >= 15 is 0 Å². The summed E-state index contributed by atoms with van der Waals surface area (Å²) in [5.41, 5.74) is 6.00. The number of nitrogens with zero attached hydrogens (tertiary/aromatic N) is 1. The largest absolute Gasteiger partial charge is 0.489 e. The summed E-state index contributed by atoms with van der Waals surface area (Å²) in [6.07, 6.45) is 1.67. The molecule has 1 aliphatic carbocycles. The van der Waals surface area contributed by atoms with Crippen molar-refractivity contribution in [2.24, 2.45) is 11.8 Å². The van der Waals surface area contributed by atoms with Crippen LogP contribution in [0.2, 0.25) is 0 Å². The molecule has 0 bridgehead atoms. The molecule has 1 fully saturated rings. The summed E-state index contributed by atoms with van der Waals surface area (Å²) in [7, 11) is 0. The number of para-hydroxylation sites is 1. The second kappa shape index (κ2) is 7.37. The number of aryl methyl sites for hydroxylation is 1. The van der Waals surface area contributed by atoms with Gasteiger partial charge in [0.2, 0.25) is 5.91 Å². The minimum absolute atomic E-state index is 0.0610. The fourth-order valence-electron chi connectivity index (χ4n) is 3.58. The Kier molecular flexibility index (Phi) is 4.77. The van der Waals surface area contributed by atoms with Crippen LogP contribution in [0.15, 0.2) is 54.6 Å². The van der Waals surface area contributed by atoms with Gasteiger partial charge >= 0.3 is 0 Å². The van der Waals surface area contributed by atoms with E-state index in [1.54, 1.807) is 5.48 Å². The van der Waals surface area contributed by atoms with Crippen LogP contribution in [0.5, 0.6) is 5.75 Å². The lowest BCUT2D eigenvalue weighted by Crippen LogP contribution is -2.21. The first kappa shape index (κ1) is 17.5. The zero-order valence-electron chi connectivity index (χ0n) is 15.2. The number of rotatable bonds is 6. The van der Waals surface area contributed by atoms with Gasteiger partial charge in [0.15, 0.2) is 0 Å². The third-order valence-electron chi connectivity index (χ3n) is 5.12. The van der Waals surface area contributed by atoms with Crippen LogP contribution in [-0.2, 0) is 17.8 Å². The number of hydroxylamine groups is 1. The average Bonchev–Trinajstić information content (AvgIpc) is 3.45. The summed E-state index contributed by atoms with van der Waals surface area (Å²) in [4.78, 5) is 15.9. The number of aromatic nitrogens is 1. The molecule has 3 aromatic rings. The number of pyridine rings is 1. The summed E-state index contributed by atoms with van der Waals surface area (Å²) in [5.74, 6) is 0.793. The predicted molar refractivity (Wildman–Crippen MR) is 102 cm³/mol. The monoisotopic (exact) mass is 362 g/mol. The Morgan fingerprint density at radius 3 is 2.78 bits per heavy atom. The lowest BCUT2D eigenvalue weighted by molar-refractivity contribution is -0.130. The lowest BCUT2D eigenvalue weighted by atomic mass is 10.1. The molecular weight excluding hydrogens is 340 g/mol. The number of hydrogen-bond donors (Lipinski definition) is 2. The molecule has 5 heteroatoms. The molecule has 0 aliphatic heterocycles. The number of hydrogen-bond acceptors (Lipinski definition) is 4. The molecule has 0 saturated heterocycles. The Morgan fingerprint density at radius 1 is 1.22 bits per heavy atom. The van der Waals surface area contributed by atoms with Crippen LogP contribution >= 0.6 is 0 Å². The van der Waals surface area contributed by atoms with Gasteiger partial charge in [0.25, 0.3) is 0 Å². The van der Waals surface area contributed by atoms with Gasteiger partial charge in [0, 0.05) is 22.6 Å². The Bertz CT molecular complexity index is 969. The van der Waals surface area contributed by atoms with Crippen LogP contribution in [0.25, 0.3) is 10.9 Å². The van der Waals surface area contributed by atoms with Crippen molar-refractivity contribution >= 4 is 16.8 Å². The Balaban J connectivity index is 1.39. The van der Waals surface area contributed by atoms with Crippen LogP contribution in [0.4, 0.5) is 0 Å². The summed E-state index contributed by atoms with van der Waals surface area (Å²) in [5, 5.41) is 9.79. The van der Waals surface area contributed by atoms with Crippen LogP contribution < -0.4 is 10.2 Å². The summed E-state index contributed by atoms with van der Waals surface area (Å²) >= 11 is 0. The lowest BCUT2D eigenvalue weighted by Gasteiger charge is -2.10. The van der Waals surface area contributed by atoms with E-state index in [9.17, 15) is 4.79 Å². The smallest absolute Gasteiger partial charge is 0.246 e. The van der Waals surface area contributed by atoms with Gasteiger partial charge in [0.05, 0.1) is 5.52 Å². The van der Waals surface area contributed by atoms with Crippen molar-refractivity contribution < 1.29 is 14.7 Å². The van der Waals surface area contributed by atoms with E-state index in [0.29, 0.717) is 12.5 Å². The molecule has 2 aromatic carbocycles. The second-order valence-corrected chi connectivity index (χ2v) is 7.15. The number of ether oxygens (including phenoxy) is 1. The molecule has 1 saturated carbocycles. The van der Waals surface area contributed by atoms with E-state index in [4.69, 9.17) is 9.94 Å². The van der Waals surface area contributed by atoms with Gasteiger partial charge in [0.1, 0.15) is 12.4 Å². The number of carbonyl (C=O) groups excluding carboxylic acids is 1. The van der Waals surface area contributed by atoms with Crippen molar-refractivity contribution in [3.05, 3.63) is 71.4 Å². The van der Waals surface area contributed by atoms with E-state index in [1.165, 1.54) is 5.56 Å². The number of fused-ring (bicyclic) bond motifs is 1. The Labute approximate surface area is 158 Å². The van der Waals surface area contributed by atoms with Crippen molar-refractivity contribution in [3.63, 3.8) is 0 Å². The van der Waals surface area contributed by atoms with Gasteiger partial charge in [-0.15, -0.1) is 0 Å². The highest BCUT2D eigenvalue weighted by molar-refractivity contribution is 5.82. The summed E-state index contributed by atoms with van der Waals surface area (Å²) < 4.78 is 5.98. The average molecular weight is 362 g/mol. The van der Waals surface area contributed by atoms with E-state index in [2.05, 4.69) is 17.1 Å². The van der Waals surface area contributed by atoms with Crippen LogP contribution in [0.1, 0.15) is 23.2 Å². The quantitative estimate of drug-likeness (QED) is 0.517. The second-order valence-electron chi connectivity index (χ2n) is 7.15. The molecule has 27 heavy (non-hydrogen) atoms. The number of amides is 1. The maximum atomic E-state index is 11.4. The number of benzene rings is 2. The predicted octanol–water partition coefficient (Wildman–Crippen LogP) is 3.81. The molecular formula is C22H22N2O3. The Hall–Kier alpha value is -2.92. The minimum atomic E-state index is -0.278. The molecule has 2 N–H and O–H groups in total. The highest BCUT2D eigenvalue weighted by Crippen LogP contribution is 2.41. The van der Waals surface area contributed by atoms with Crippen molar-refractivity contribution in [2.75, 3.05) is 0 Å². The van der Waals surface area contributed by atoms with Crippen molar-refractivity contribution in [1.29, 1.82) is 0 Å². The van der Waals surface area contributed by atoms with Crippen molar-refractivity contribution in [3.8, 4) is 5.75 Å². The summed E-state index contributed by atoms with van der Waals surface area (Å²) in [6, 6.07) is 18.2. The zero-order valence-corrected chi connectivity index (χ0v) is 15.2. The van der Waals surface area contributed by atoms with Crippen LogP contribution in [0, 0.1) is 18.8 Å². The van der Waals surface area contributed by atoms with Gasteiger partial charge in [-0.1, -0.05) is 30.3 Å². The molecule has 1 aromatic heterocycles. The normalized spacial score (nSPS) is 18.3. The highest BCUT2D eigenvalue weighted by atomic mass is 16.5. The first-order chi connectivity index (χ1) is 13.1. The van der Waals surface area contributed by atoms with Gasteiger partial charge in [-0.05, 0) is 55.5 Å². The Morgan fingerprint density at radius 2 is 2.00 bits per heavy atom. The van der Waals surface area contributed by atoms with Gasteiger partial charge in [-0.25, -0.2) is 5.48 Å². The maximum Gasteiger partial charge on any atom is 0.246 e. The van der Waals surface area contributed by atoms with Gasteiger partial charge in [-0.2, -0.15) is 0 Å². The van der Waals surface area contributed by atoms with Crippen molar-refractivity contribution in [2.45, 2.75) is 26.4 Å². The zero-order chi connectivity index (χ0) is 18.8.